The molecular weight excluding hydrogens is 949 g/mol. The van der Waals surface area contributed by atoms with Gasteiger partial charge in [0.15, 0.2) is 5.03 Å². The molecule has 0 radical (unpaired) electrons. The second-order valence-corrected chi connectivity index (χ2v) is 17.8. The van der Waals surface area contributed by atoms with Crippen LogP contribution in [0, 0.1) is 22.0 Å². The number of ether oxygens (including phenoxy) is 3. The van der Waals surface area contributed by atoms with Crippen molar-refractivity contribution in [2.45, 2.75) is 116 Å². The normalized spacial score (nSPS) is 14.9. The van der Waals surface area contributed by atoms with E-state index in [9.17, 15) is 48.5 Å². The van der Waals surface area contributed by atoms with Crippen LogP contribution in [0.2, 0.25) is 0 Å². The summed E-state index contributed by atoms with van der Waals surface area (Å²) in [5.41, 5.74) is 9.45. The van der Waals surface area contributed by atoms with Gasteiger partial charge in [0.1, 0.15) is 56.6 Å². The molecule has 1 heterocycles. The summed E-state index contributed by atoms with van der Waals surface area (Å²) in [6, 6.07) is 20.5. The van der Waals surface area contributed by atoms with Gasteiger partial charge in [-0.2, -0.15) is 0 Å². The molecule has 0 bridgehead atoms. The number of rotatable bonds is 27. The van der Waals surface area contributed by atoms with Gasteiger partial charge in [0.05, 0.1) is 0 Å². The third-order valence-electron chi connectivity index (χ3n) is 11.4. The third kappa shape index (κ3) is 20.3. The second-order valence-electron chi connectivity index (χ2n) is 17.8. The maximum atomic E-state index is 14.2. The zero-order valence-electron chi connectivity index (χ0n) is 41.4. The smallest absolute Gasteiger partial charge is 0.407 e. The number of hydrogen-bond acceptors (Lipinski definition) is 14. The molecule has 1 saturated heterocycles. The van der Waals surface area contributed by atoms with E-state index in [1.807, 2.05) is 12.1 Å². The summed E-state index contributed by atoms with van der Waals surface area (Å²) < 4.78 is 16.1. The summed E-state index contributed by atoms with van der Waals surface area (Å²) in [6.45, 7) is 6.06. The van der Waals surface area contributed by atoms with Crippen molar-refractivity contribution in [1.29, 1.82) is 0 Å². The van der Waals surface area contributed by atoms with Gasteiger partial charge in [-0.3, -0.25) is 28.8 Å². The van der Waals surface area contributed by atoms with Crippen LogP contribution < -0.4 is 37.7 Å². The van der Waals surface area contributed by atoms with E-state index >= 15 is 0 Å². The van der Waals surface area contributed by atoms with E-state index in [0.717, 1.165) is 11.1 Å². The Labute approximate surface area is 423 Å². The number of aliphatic imine (C=N–C) groups is 1. The standard InChI is InChI=1S/C50H66N10O13/c1-32(2)42(46(65)55-38(48(67)72-30-35-18-10-6-11-19-35)24-25-41(62)71-29-34-16-8-5-9-17-34)57-47(66)43(33(3)4)56-44(63)37(22-14-26-52-49(51)58-60(69)70)54-45(64)39-23-15-27-59(39)40(61)28-53-50(68)73-31-36-20-12-7-13-21-36/h5-13,16-21,32-33,37-39,42-43H,14-15,22-31H2,1-4H3,(H,53,68)(H,54,64)(H,55,65)(H,56,63)(H,57,66)(H3,51,52,58)/t37-,38-,39-,42-,43-/m0/s1. The molecule has 3 aromatic rings. The number of carbonyl (C=O) groups is 8. The molecule has 4 rings (SSSR count). The first-order valence-electron chi connectivity index (χ1n) is 24.0. The molecule has 23 heteroatoms. The Morgan fingerprint density at radius 3 is 1.77 bits per heavy atom. The molecule has 0 spiro atoms. The molecule has 1 aliphatic heterocycles. The van der Waals surface area contributed by atoms with Gasteiger partial charge in [-0.25, -0.2) is 24.7 Å². The molecule has 0 unspecified atom stereocenters. The van der Waals surface area contributed by atoms with Crippen molar-refractivity contribution in [3.8, 4) is 0 Å². The van der Waals surface area contributed by atoms with Crippen LogP contribution >= 0.6 is 0 Å². The predicted molar refractivity (Wildman–Crippen MR) is 264 cm³/mol. The second kappa shape index (κ2) is 29.9. The number of nitro groups is 1. The summed E-state index contributed by atoms with van der Waals surface area (Å²) in [5.74, 6) is -6.74. The largest absolute Gasteiger partial charge is 0.461 e. The summed E-state index contributed by atoms with van der Waals surface area (Å²) in [6.07, 6.45) is -0.662. The van der Waals surface area contributed by atoms with Gasteiger partial charge in [-0.05, 0) is 60.6 Å². The van der Waals surface area contributed by atoms with Gasteiger partial charge >= 0.3 is 18.0 Å². The number of nitrogens with one attached hydrogen (secondary N) is 6. The molecule has 23 nitrogen and oxygen atoms in total. The monoisotopic (exact) mass is 1010 g/mol. The topological polar surface area (TPSA) is 321 Å². The Morgan fingerprint density at radius 2 is 1.22 bits per heavy atom. The molecule has 394 valence electrons. The van der Waals surface area contributed by atoms with Crippen LogP contribution in [0.3, 0.4) is 0 Å². The van der Waals surface area contributed by atoms with Gasteiger partial charge in [-0.15, -0.1) is 0 Å². The lowest BCUT2D eigenvalue weighted by molar-refractivity contribution is -0.525. The van der Waals surface area contributed by atoms with Crippen molar-refractivity contribution in [3.63, 3.8) is 0 Å². The fourth-order valence-electron chi connectivity index (χ4n) is 7.50. The summed E-state index contributed by atoms with van der Waals surface area (Å²) in [5, 5.41) is 23.0. The average molecular weight is 1020 g/mol. The molecule has 1 aliphatic rings. The Hall–Kier alpha value is -8.11. The number of guanidine groups is 1. The number of likely N-dealkylation sites (tertiary alicyclic amines) is 1. The molecule has 1 fully saturated rings. The maximum Gasteiger partial charge on any atom is 0.407 e. The fourth-order valence-corrected chi connectivity index (χ4v) is 7.50. The van der Waals surface area contributed by atoms with Crippen molar-refractivity contribution < 1.29 is 57.6 Å². The van der Waals surface area contributed by atoms with Crippen molar-refractivity contribution in [1.82, 2.24) is 36.9 Å². The molecule has 0 aliphatic carbocycles. The number of hydrazine groups is 1. The van der Waals surface area contributed by atoms with E-state index in [0.29, 0.717) is 12.0 Å². The van der Waals surface area contributed by atoms with Gasteiger partial charge < -0.3 is 51.4 Å². The molecule has 6 amide bonds. The van der Waals surface area contributed by atoms with E-state index < -0.39 is 107 Å². The lowest BCUT2D eigenvalue weighted by atomic mass is 9.98. The first kappa shape index (κ1) is 57.5. The van der Waals surface area contributed by atoms with Gasteiger partial charge in [0, 0.05) is 19.5 Å². The van der Waals surface area contributed by atoms with Crippen LogP contribution in [0.1, 0.15) is 82.9 Å². The van der Waals surface area contributed by atoms with E-state index in [4.69, 9.17) is 19.9 Å². The van der Waals surface area contributed by atoms with E-state index in [1.54, 1.807) is 112 Å². The van der Waals surface area contributed by atoms with Gasteiger partial charge in [0.2, 0.25) is 29.5 Å². The number of amides is 6. The minimum atomic E-state index is -1.34. The van der Waals surface area contributed by atoms with Crippen LogP contribution in [0.25, 0.3) is 0 Å². The number of alkyl carbamates (subject to hydrolysis) is 1. The summed E-state index contributed by atoms with van der Waals surface area (Å²) in [4.78, 5) is 124. The number of nitrogens with zero attached hydrogens (tertiary/aromatic N) is 3. The van der Waals surface area contributed by atoms with Crippen LogP contribution in [-0.4, -0.2) is 113 Å². The van der Waals surface area contributed by atoms with Crippen molar-refractivity contribution >= 4 is 53.5 Å². The van der Waals surface area contributed by atoms with Crippen molar-refractivity contribution in [3.05, 3.63) is 118 Å². The molecule has 0 saturated carbocycles. The Morgan fingerprint density at radius 1 is 0.699 bits per heavy atom. The quantitative estimate of drug-likeness (QED) is 0.0110. The molecule has 0 aromatic heterocycles. The Balaban J connectivity index is 1.44. The van der Waals surface area contributed by atoms with E-state index in [2.05, 4.69) is 31.6 Å². The van der Waals surface area contributed by atoms with Crippen LogP contribution in [-0.2, 0) is 67.6 Å². The highest BCUT2D eigenvalue weighted by molar-refractivity contribution is 5.96. The minimum Gasteiger partial charge on any atom is -0.461 e. The molecule has 3 aromatic carbocycles. The van der Waals surface area contributed by atoms with Crippen molar-refractivity contribution in [2.75, 3.05) is 19.6 Å². The highest BCUT2D eigenvalue weighted by Crippen LogP contribution is 2.19. The van der Waals surface area contributed by atoms with Crippen LogP contribution in [0.15, 0.2) is 96.0 Å². The first-order valence-corrected chi connectivity index (χ1v) is 24.0. The van der Waals surface area contributed by atoms with Gasteiger partial charge in [0.25, 0.3) is 5.96 Å². The summed E-state index contributed by atoms with van der Waals surface area (Å²) >= 11 is 0. The predicted octanol–water partition coefficient (Wildman–Crippen LogP) is 2.30. The number of benzene rings is 3. The van der Waals surface area contributed by atoms with Crippen molar-refractivity contribution in [2.24, 2.45) is 22.6 Å². The molecular formula is C50H66N10O13. The number of esters is 2. The average Bonchev–Trinajstić information content (AvgIpc) is 3.87. The molecule has 5 atom stereocenters. The first-order chi connectivity index (χ1) is 34.9. The zero-order chi connectivity index (χ0) is 53.3. The van der Waals surface area contributed by atoms with Gasteiger partial charge in [-0.1, -0.05) is 124 Å². The fraction of sp³-hybridized carbons (Fsp3) is 0.460. The highest BCUT2D eigenvalue weighted by atomic mass is 16.7. The lowest BCUT2D eigenvalue weighted by Crippen LogP contribution is -2.60. The van der Waals surface area contributed by atoms with Crippen LogP contribution in [0.4, 0.5) is 4.79 Å². The SMILES string of the molecule is CC(C)[C@H](NC(=O)[C@H](CCCN=C(N)N[N+](=O)[O-])NC(=O)[C@@H]1CCCN1C(=O)CNC(=O)OCc1ccccc1)C(=O)N[C@H](C(=O)N[C@@H](CCC(=O)OCc1ccccc1)C(=O)OCc1ccccc1)C(C)C. The maximum absolute atomic E-state index is 14.2. The number of hydrogen-bond donors (Lipinski definition) is 7. The minimum absolute atomic E-state index is 0.000238. The lowest BCUT2D eigenvalue weighted by Gasteiger charge is -2.30. The molecule has 73 heavy (non-hydrogen) atoms. The van der Waals surface area contributed by atoms with E-state index in [1.165, 1.54) is 4.90 Å². The zero-order valence-corrected chi connectivity index (χ0v) is 41.4. The Kier molecular flexibility index (Phi) is 23.6. The summed E-state index contributed by atoms with van der Waals surface area (Å²) in [7, 11) is 0. The van der Waals surface area contributed by atoms with E-state index in [-0.39, 0.29) is 65.0 Å². The highest BCUT2D eigenvalue weighted by Gasteiger charge is 2.38. The third-order valence-corrected chi connectivity index (χ3v) is 11.4. The van der Waals surface area contributed by atoms with Crippen LogP contribution in [0.5, 0.6) is 0 Å². The molecule has 8 N–H and O–H groups in total. The number of carbonyl (C=O) groups excluding carboxylic acids is 8. The Bertz CT molecular complexity index is 2360. The number of nitrogens with two attached hydrogens (primary N) is 1.